The Kier molecular flexibility index (Phi) is 5.74. The highest BCUT2D eigenvalue weighted by molar-refractivity contribution is 5.55. The van der Waals surface area contributed by atoms with Crippen molar-refractivity contribution in [3.05, 3.63) is 29.3 Å². The van der Waals surface area contributed by atoms with Crippen LogP contribution >= 0.6 is 0 Å². The highest BCUT2D eigenvalue weighted by atomic mass is 16.5. The average Bonchev–Trinajstić information content (AvgIpc) is 2.34. The topological polar surface area (TPSA) is 38.7 Å². The Morgan fingerprint density at radius 1 is 1.32 bits per heavy atom. The minimum atomic E-state index is 0.168. The maximum absolute atomic E-state index is 10.2. The van der Waals surface area contributed by atoms with Crippen LogP contribution in [-0.2, 0) is 6.42 Å². The van der Waals surface area contributed by atoms with Gasteiger partial charge in [0.05, 0.1) is 13.7 Å². The zero-order valence-electron chi connectivity index (χ0n) is 12.5. The van der Waals surface area contributed by atoms with Gasteiger partial charge in [0.2, 0.25) is 5.75 Å². The maximum atomic E-state index is 10.2. The molecule has 0 saturated carbocycles. The van der Waals surface area contributed by atoms with E-state index < -0.39 is 0 Å². The van der Waals surface area contributed by atoms with Crippen LogP contribution in [0.2, 0.25) is 0 Å². The molecule has 19 heavy (non-hydrogen) atoms. The summed E-state index contributed by atoms with van der Waals surface area (Å²) in [5.74, 6) is 1.61. The fraction of sp³-hybridized carbons (Fsp3) is 0.500. The van der Waals surface area contributed by atoms with E-state index in [0.717, 1.165) is 5.56 Å². The molecule has 3 heteroatoms. The molecular weight excluding hydrogens is 240 g/mol. The van der Waals surface area contributed by atoms with Crippen molar-refractivity contribution in [3.8, 4) is 17.2 Å². The van der Waals surface area contributed by atoms with Crippen LogP contribution in [-0.4, -0.2) is 18.8 Å². The number of rotatable bonds is 6. The summed E-state index contributed by atoms with van der Waals surface area (Å²) >= 11 is 0. The first-order valence-electron chi connectivity index (χ1n) is 6.60. The fourth-order valence-electron chi connectivity index (χ4n) is 1.64. The third-order valence-corrected chi connectivity index (χ3v) is 2.69. The molecule has 0 bridgehead atoms. The molecule has 0 heterocycles. The lowest BCUT2D eigenvalue weighted by Crippen LogP contribution is -2.06. The smallest absolute Gasteiger partial charge is 0.203 e. The van der Waals surface area contributed by atoms with E-state index in [1.54, 1.807) is 7.11 Å². The van der Waals surface area contributed by atoms with Gasteiger partial charge in [-0.25, -0.2) is 0 Å². The first-order valence-corrected chi connectivity index (χ1v) is 6.60. The Bertz CT molecular complexity index is 444. The third kappa shape index (κ3) is 4.51. The van der Waals surface area contributed by atoms with E-state index in [0.29, 0.717) is 30.4 Å². The second kappa shape index (κ2) is 7.07. The van der Waals surface area contributed by atoms with E-state index in [-0.39, 0.29) is 5.75 Å². The maximum Gasteiger partial charge on any atom is 0.203 e. The first-order chi connectivity index (χ1) is 8.95. The van der Waals surface area contributed by atoms with E-state index in [4.69, 9.17) is 9.47 Å². The van der Waals surface area contributed by atoms with Crippen molar-refractivity contribution in [2.24, 2.45) is 5.92 Å². The molecule has 0 aliphatic carbocycles. The molecule has 1 rings (SSSR count). The van der Waals surface area contributed by atoms with Crippen LogP contribution in [0.4, 0.5) is 0 Å². The predicted octanol–water partition coefficient (Wildman–Crippen LogP) is 3.94. The monoisotopic (exact) mass is 264 g/mol. The molecule has 0 aliphatic heterocycles. The Balaban J connectivity index is 2.98. The van der Waals surface area contributed by atoms with E-state index in [1.807, 2.05) is 26.0 Å². The number of aromatic hydroxyl groups is 1. The van der Waals surface area contributed by atoms with Crippen LogP contribution in [0.25, 0.3) is 0 Å². The van der Waals surface area contributed by atoms with Gasteiger partial charge in [0.15, 0.2) is 11.5 Å². The molecule has 0 saturated heterocycles. The van der Waals surface area contributed by atoms with Gasteiger partial charge in [-0.15, -0.1) is 0 Å². The Labute approximate surface area is 115 Å². The summed E-state index contributed by atoms with van der Waals surface area (Å²) in [5, 5.41) is 10.2. The number of methoxy groups -OCH3 is 1. The van der Waals surface area contributed by atoms with Crippen molar-refractivity contribution < 1.29 is 14.6 Å². The van der Waals surface area contributed by atoms with Crippen molar-refractivity contribution >= 4 is 0 Å². The summed E-state index contributed by atoms with van der Waals surface area (Å²) in [6.45, 7) is 8.83. The van der Waals surface area contributed by atoms with E-state index in [2.05, 4.69) is 19.9 Å². The molecule has 0 amide bonds. The van der Waals surface area contributed by atoms with Gasteiger partial charge in [0, 0.05) is 5.56 Å². The molecule has 0 fully saturated rings. The lowest BCUT2D eigenvalue weighted by Gasteiger charge is -2.15. The minimum Gasteiger partial charge on any atom is -0.504 e. The highest BCUT2D eigenvalue weighted by Gasteiger charge is 2.14. The SMILES string of the molecule is COc1c(OCC(C)C)ccc(CC=C(C)C)c1O. The van der Waals surface area contributed by atoms with Crippen LogP contribution in [0, 0.1) is 5.92 Å². The Morgan fingerprint density at radius 2 is 2.00 bits per heavy atom. The minimum absolute atomic E-state index is 0.168. The molecule has 3 nitrogen and oxygen atoms in total. The zero-order chi connectivity index (χ0) is 14.4. The molecule has 0 atom stereocenters. The molecule has 1 N–H and O–H groups in total. The largest absolute Gasteiger partial charge is 0.504 e. The molecule has 0 aliphatic rings. The van der Waals surface area contributed by atoms with Crippen molar-refractivity contribution in [1.29, 1.82) is 0 Å². The highest BCUT2D eigenvalue weighted by Crippen LogP contribution is 2.39. The number of hydrogen-bond acceptors (Lipinski definition) is 3. The number of benzene rings is 1. The quantitative estimate of drug-likeness (QED) is 0.791. The van der Waals surface area contributed by atoms with Crippen molar-refractivity contribution in [2.45, 2.75) is 34.1 Å². The van der Waals surface area contributed by atoms with Crippen LogP contribution in [0.5, 0.6) is 17.2 Å². The number of ether oxygens (including phenoxy) is 2. The van der Waals surface area contributed by atoms with Crippen LogP contribution in [0.3, 0.4) is 0 Å². The van der Waals surface area contributed by atoms with Crippen LogP contribution in [0.1, 0.15) is 33.3 Å². The number of phenols is 1. The van der Waals surface area contributed by atoms with Crippen molar-refractivity contribution in [2.75, 3.05) is 13.7 Å². The van der Waals surface area contributed by atoms with Gasteiger partial charge in [0.25, 0.3) is 0 Å². The van der Waals surface area contributed by atoms with Crippen molar-refractivity contribution in [1.82, 2.24) is 0 Å². The third-order valence-electron chi connectivity index (χ3n) is 2.69. The normalized spacial score (nSPS) is 10.4. The van der Waals surface area contributed by atoms with E-state index >= 15 is 0 Å². The summed E-state index contributed by atoms with van der Waals surface area (Å²) in [6.07, 6.45) is 2.76. The van der Waals surface area contributed by atoms with Crippen LogP contribution < -0.4 is 9.47 Å². The van der Waals surface area contributed by atoms with Crippen molar-refractivity contribution in [3.63, 3.8) is 0 Å². The Hall–Kier alpha value is -1.64. The molecule has 0 unspecified atom stereocenters. The van der Waals surface area contributed by atoms with E-state index in [1.165, 1.54) is 5.57 Å². The first kappa shape index (κ1) is 15.4. The van der Waals surface area contributed by atoms with Gasteiger partial charge in [-0.05, 0) is 32.3 Å². The summed E-state index contributed by atoms with van der Waals surface area (Å²) in [4.78, 5) is 0. The molecule has 1 aromatic rings. The summed E-state index contributed by atoms with van der Waals surface area (Å²) in [7, 11) is 1.54. The van der Waals surface area contributed by atoms with Gasteiger partial charge < -0.3 is 14.6 Å². The second-order valence-electron chi connectivity index (χ2n) is 5.30. The zero-order valence-corrected chi connectivity index (χ0v) is 12.5. The fourth-order valence-corrected chi connectivity index (χ4v) is 1.64. The molecule has 0 spiro atoms. The molecule has 1 aromatic carbocycles. The number of hydrogen-bond donors (Lipinski definition) is 1. The molecule has 0 radical (unpaired) electrons. The lowest BCUT2D eigenvalue weighted by molar-refractivity contribution is 0.252. The van der Waals surface area contributed by atoms with Gasteiger partial charge in [-0.2, -0.15) is 0 Å². The van der Waals surface area contributed by atoms with Crippen LogP contribution in [0.15, 0.2) is 23.8 Å². The predicted molar refractivity (Wildman–Crippen MR) is 78.1 cm³/mol. The number of allylic oxidation sites excluding steroid dienone is 2. The van der Waals surface area contributed by atoms with Gasteiger partial charge >= 0.3 is 0 Å². The lowest BCUT2D eigenvalue weighted by atomic mass is 10.1. The molecule has 0 aromatic heterocycles. The van der Waals surface area contributed by atoms with E-state index in [9.17, 15) is 5.11 Å². The molecule has 106 valence electrons. The number of phenolic OH excluding ortho intramolecular Hbond substituents is 1. The van der Waals surface area contributed by atoms with Gasteiger partial charge in [-0.1, -0.05) is 31.6 Å². The molecular formula is C16H24O3. The average molecular weight is 264 g/mol. The Morgan fingerprint density at radius 3 is 2.53 bits per heavy atom. The van der Waals surface area contributed by atoms with Gasteiger partial charge in [-0.3, -0.25) is 0 Å². The summed E-state index contributed by atoms with van der Waals surface area (Å²) in [5.41, 5.74) is 2.06. The standard InChI is InChI=1S/C16H24O3/c1-11(2)6-7-13-8-9-14(19-10-12(3)4)16(18-5)15(13)17/h6,8-9,12,17H,7,10H2,1-5H3. The second-order valence-corrected chi connectivity index (χ2v) is 5.30. The summed E-state index contributed by atoms with van der Waals surface area (Å²) < 4.78 is 10.9. The summed E-state index contributed by atoms with van der Waals surface area (Å²) in [6, 6.07) is 3.74. The van der Waals surface area contributed by atoms with Gasteiger partial charge in [0.1, 0.15) is 0 Å².